The highest BCUT2D eigenvalue weighted by molar-refractivity contribution is 7.89. The van der Waals surface area contributed by atoms with Crippen molar-refractivity contribution in [3.8, 4) is 0 Å². The van der Waals surface area contributed by atoms with Crippen molar-refractivity contribution in [1.29, 1.82) is 0 Å². The Morgan fingerprint density at radius 2 is 1.96 bits per heavy atom. The molecule has 2 aliphatic heterocycles. The third kappa shape index (κ3) is 3.71. The fourth-order valence-corrected chi connectivity index (χ4v) is 4.46. The minimum atomic E-state index is -3.94. The maximum Gasteiger partial charge on any atom is 0.257 e. The molecule has 3 N–H and O–H groups in total. The second-order valence-corrected chi connectivity index (χ2v) is 8.53. The largest absolute Gasteiger partial charge is 0.362 e. The van der Waals surface area contributed by atoms with Crippen molar-refractivity contribution in [1.82, 2.24) is 10.3 Å². The Morgan fingerprint density at radius 3 is 2.82 bits per heavy atom. The summed E-state index contributed by atoms with van der Waals surface area (Å²) in [7, 11) is -3.94. The molecule has 0 saturated heterocycles. The van der Waals surface area contributed by atoms with Gasteiger partial charge in [-0.15, -0.1) is 4.83 Å². The zero-order valence-electron chi connectivity index (χ0n) is 15.1. The standard InChI is InChI=1S/C19H20N4O4S/c24-18-11-14-10-15(7-8-16(14)20-18)28(26,27)22-21-19(25)12-23-9-3-5-13-4-1-2-6-17(13)23/h1-2,4,6-8,10,22H,3,5,9,11-12H2,(H,20,24)(H,21,25). The van der Waals surface area contributed by atoms with E-state index in [1.54, 1.807) is 6.07 Å². The molecule has 2 aliphatic rings. The van der Waals surface area contributed by atoms with Crippen molar-refractivity contribution in [2.75, 3.05) is 23.3 Å². The number of benzene rings is 2. The molecule has 8 nitrogen and oxygen atoms in total. The van der Waals surface area contributed by atoms with Crippen molar-refractivity contribution in [3.63, 3.8) is 0 Å². The first-order valence-electron chi connectivity index (χ1n) is 8.99. The number of sulfonamides is 1. The topological polar surface area (TPSA) is 108 Å². The molecule has 2 amide bonds. The predicted octanol–water partition coefficient (Wildman–Crippen LogP) is 0.943. The lowest BCUT2D eigenvalue weighted by Crippen LogP contribution is -2.47. The molecule has 2 aromatic rings. The summed E-state index contributed by atoms with van der Waals surface area (Å²) in [4.78, 5) is 27.8. The average molecular weight is 400 g/mol. The molecule has 0 unspecified atom stereocenters. The summed E-state index contributed by atoms with van der Waals surface area (Å²) < 4.78 is 24.9. The van der Waals surface area contributed by atoms with Gasteiger partial charge in [0.1, 0.15) is 0 Å². The highest BCUT2D eigenvalue weighted by Gasteiger charge is 2.23. The molecule has 2 heterocycles. The number of para-hydroxylation sites is 1. The molecule has 0 bridgehead atoms. The Kier molecular flexibility index (Phi) is 4.78. The number of nitrogens with zero attached hydrogens (tertiary/aromatic N) is 1. The molecule has 0 saturated carbocycles. The Morgan fingerprint density at radius 1 is 1.14 bits per heavy atom. The monoisotopic (exact) mass is 400 g/mol. The number of carbonyl (C=O) groups excluding carboxylic acids is 2. The van der Waals surface area contributed by atoms with E-state index in [0.29, 0.717) is 11.3 Å². The number of fused-ring (bicyclic) bond motifs is 2. The molecule has 9 heteroatoms. The highest BCUT2D eigenvalue weighted by atomic mass is 32.2. The van der Waals surface area contributed by atoms with Gasteiger partial charge in [0, 0.05) is 17.9 Å². The van der Waals surface area contributed by atoms with Crippen LogP contribution >= 0.6 is 0 Å². The predicted molar refractivity (Wildman–Crippen MR) is 104 cm³/mol. The van der Waals surface area contributed by atoms with Gasteiger partial charge in [0.05, 0.1) is 17.9 Å². The summed E-state index contributed by atoms with van der Waals surface area (Å²) in [5.74, 6) is -0.620. The molecule has 0 atom stereocenters. The van der Waals surface area contributed by atoms with Crippen molar-refractivity contribution in [2.24, 2.45) is 0 Å². The Labute approximate surface area is 162 Å². The molecular weight excluding hydrogens is 380 g/mol. The van der Waals surface area contributed by atoms with Crippen LogP contribution in [-0.2, 0) is 32.5 Å². The molecule has 28 heavy (non-hydrogen) atoms. The lowest BCUT2D eigenvalue weighted by atomic mass is 10.0. The molecule has 0 aromatic heterocycles. The van der Waals surface area contributed by atoms with Gasteiger partial charge in [-0.3, -0.25) is 15.0 Å². The van der Waals surface area contributed by atoms with Crippen LogP contribution in [-0.4, -0.2) is 33.3 Å². The normalized spacial score (nSPS) is 15.6. The number of hydrogen-bond donors (Lipinski definition) is 3. The van der Waals surface area contributed by atoms with E-state index in [1.807, 2.05) is 29.2 Å². The second-order valence-electron chi connectivity index (χ2n) is 6.85. The van der Waals surface area contributed by atoms with Crippen LogP contribution in [0.1, 0.15) is 17.5 Å². The molecule has 146 valence electrons. The van der Waals surface area contributed by atoms with Crippen molar-refractivity contribution >= 4 is 33.2 Å². The van der Waals surface area contributed by atoms with Gasteiger partial charge in [0.2, 0.25) is 5.91 Å². The first-order chi connectivity index (χ1) is 13.4. The van der Waals surface area contributed by atoms with Crippen LogP contribution in [0, 0.1) is 0 Å². The van der Waals surface area contributed by atoms with E-state index in [1.165, 1.54) is 17.7 Å². The van der Waals surface area contributed by atoms with Gasteiger partial charge in [-0.1, -0.05) is 18.2 Å². The molecular formula is C19H20N4O4S. The first-order valence-corrected chi connectivity index (χ1v) is 10.5. The van der Waals surface area contributed by atoms with Crippen molar-refractivity contribution in [2.45, 2.75) is 24.2 Å². The number of hydrazine groups is 1. The Bertz CT molecular complexity index is 1050. The van der Waals surface area contributed by atoms with Crippen LogP contribution < -0.4 is 20.5 Å². The third-order valence-corrected chi connectivity index (χ3v) is 6.12. The van der Waals surface area contributed by atoms with Crippen LogP contribution in [0.5, 0.6) is 0 Å². The fourth-order valence-electron chi connectivity index (χ4n) is 3.54. The van der Waals surface area contributed by atoms with Crippen LogP contribution in [0.3, 0.4) is 0 Å². The van der Waals surface area contributed by atoms with E-state index >= 15 is 0 Å². The summed E-state index contributed by atoms with van der Waals surface area (Å²) in [6, 6.07) is 12.3. The van der Waals surface area contributed by atoms with Crippen LogP contribution in [0.2, 0.25) is 0 Å². The second kappa shape index (κ2) is 7.25. The third-order valence-electron chi connectivity index (χ3n) is 4.88. The molecule has 0 aliphatic carbocycles. The SMILES string of the molecule is O=C(CN1CCCc2ccccc21)NNS(=O)(=O)c1ccc2c(c1)CC(=O)N2. The van der Waals surface area contributed by atoms with E-state index in [2.05, 4.69) is 15.6 Å². The van der Waals surface area contributed by atoms with E-state index < -0.39 is 15.9 Å². The molecule has 2 aromatic carbocycles. The minimum absolute atomic E-state index is 0.00799. The van der Waals surface area contributed by atoms with Gasteiger partial charge in [0.25, 0.3) is 15.9 Å². The van der Waals surface area contributed by atoms with Gasteiger partial charge in [-0.25, -0.2) is 8.42 Å². The van der Waals surface area contributed by atoms with Crippen molar-refractivity contribution in [3.05, 3.63) is 53.6 Å². The fraction of sp³-hybridized carbons (Fsp3) is 0.263. The maximum atomic E-state index is 12.5. The highest BCUT2D eigenvalue weighted by Crippen LogP contribution is 2.27. The van der Waals surface area contributed by atoms with E-state index in [-0.39, 0.29) is 23.8 Å². The number of hydrogen-bond acceptors (Lipinski definition) is 5. The molecule has 0 spiro atoms. The number of carbonyl (C=O) groups is 2. The average Bonchev–Trinajstić information content (AvgIpc) is 3.06. The summed E-state index contributed by atoms with van der Waals surface area (Å²) in [6.07, 6.45) is 2.05. The van der Waals surface area contributed by atoms with Gasteiger partial charge in [0.15, 0.2) is 0 Å². The molecule has 4 rings (SSSR count). The molecule has 0 radical (unpaired) electrons. The number of rotatable bonds is 5. The summed E-state index contributed by atoms with van der Waals surface area (Å²) in [6.45, 7) is 0.797. The van der Waals surface area contributed by atoms with Gasteiger partial charge >= 0.3 is 0 Å². The summed E-state index contributed by atoms with van der Waals surface area (Å²) >= 11 is 0. The minimum Gasteiger partial charge on any atom is -0.362 e. The van der Waals surface area contributed by atoms with Crippen molar-refractivity contribution < 1.29 is 18.0 Å². The lowest BCUT2D eigenvalue weighted by molar-refractivity contribution is -0.120. The number of amides is 2. The lowest BCUT2D eigenvalue weighted by Gasteiger charge is -2.30. The maximum absolute atomic E-state index is 12.5. The van der Waals surface area contributed by atoms with Crippen LogP contribution in [0.4, 0.5) is 11.4 Å². The smallest absolute Gasteiger partial charge is 0.257 e. The van der Waals surface area contributed by atoms with Gasteiger partial charge in [-0.2, -0.15) is 0 Å². The van der Waals surface area contributed by atoms with Gasteiger partial charge in [-0.05, 0) is 48.2 Å². The van der Waals surface area contributed by atoms with Gasteiger partial charge < -0.3 is 10.2 Å². The summed E-state index contributed by atoms with van der Waals surface area (Å²) in [5, 5.41) is 2.65. The molecule has 0 fully saturated rings. The zero-order chi connectivity index (χ0) is 19.7. The van der Waals surface area contributed by atoms with Crippen LogP contribution in [0.15, 0.2) is 47.4 Å². The quantitative estimate of drug-likeness (QED) is 0.648. The van der Waals surface area contributed by atoms with E-state index in [4.69, 9.17) is 0 Å². The summed E-state index contributed by atoms with van der Waals surface area (Å²) in [5.41, 5.74) is 5.68. The number of aryl methyl sites for hydroxylation is 1. The number of anilines is 2. The zero-order valence-corrected chi connectivity index (χ0v) is 15.9. The van der Waals surface area contributed by atoms with Crippen LogP contribution in [0.25, 0.3) is 0 Å². The number of nitrogens with one attached hydrogen (secondary N) is 3. The van der Waals surface area contributed by atoms with E-state index in [0.717, 1.165) is 25.1 Å². The van der Waals surface area contributed by atoms with E-state index in [9.17, 15) is 18.0 Å². The first kappa shape index (κ1) is 18.5. The Balaban J connectivity index is 1.40. The Hall–Kier alpha value is -2.91.